The molecule has 1 atom stereocenters. The summed E-state index contributed by atoms with van der Waals surface area (Å²) in [4.78, 5) is 0. The number of hydrogen-bond acceptors (Lipinski definition) is 3. The van der Waals surface area contributed by atoms with E-state index >= 15 is 0 Å². The highest BCUT2D eigenvalue weighted by atomic mass is 79.9. The zero-order chi connectivity index (χ0) is 13.2. The van der Waals surface area contributed by atoms with E-state index in [1.807, 2.05) is 25.1 Å². The van der Waals surface area contributed by atoms with Gasteiger partial charge in [-0.3, -0.25) is 0 Å². The van der Waals surface area contributed by atoms with Crippen LogP contribution in [0.15, 0.2) is 22.7 Å². The van der Waals surface area contributed by atoms with Gasteiger partial charge >= 0.3 is 0 Å². The number of ether oxygens (including phenoxy) is 1. The molecule has 0 aromatic heterocycles. The molecule has 1 aliphatic rings. The molecule has 3 nitrogen and oxygen atoms in total. The summed E-state index contributed by atoms with van der Waals surface area (Å²) >= 11 is 3.52. The van der Waals surface area contributed by atoms with Gasteiger partial charge in [0.1, 0.15) is 5.75 Å². The Morgan fingerprint density at radius 2 is 2.22 bits per heavy atom. The van der Waals surface area contributed by atoms with Gasteiger partial charge in [-0.15, -0.1) is 0 Å². The van der Waals surface area contributed by atoms with Gasteiger partial charge in [-0.2, -0.15) is 0 Å². The van der Waals surface area contributed by atoms with E-state index in [0.717, 1.165) is 15.8 Å². The molecule has 0 amide bonds. The second kappa shape index (κ2) is 5.59. The minimum Gasteiger partial charge on any atom is -0.497 e. The highest BCUT2D eigenvalue weighted by Crippen LogP contribution is 2.26. The summed E-state index contributed by atoms with van der Waals surface area (Å²) in [6.45, 7) is 2.50. The zero-order valence-electron chi connectivity index (χ0n) is 10.9. The fraction of sp³-hybridized carbons (Fsp3) is 0.571. The fourth-order valence-corrected chi connectivity index (χ4v) is 2.32. The lowest BCUT2D eigenvalue weighted by atomic mass is 9.96. The van der Waals surface area contributed by atoms with Gasteiger partial charge in [0, 0.05) is 23.5 Å². The molecule has 0 spiro atoms. The molecule has 2 N–H and O–H groups in total. The minimum absolute atomic E-state index is 0.602. The Balaban J connectivity index is 2.01. The Hall–Kier alpha value is -0.580. The van der Waals surface area contributed by atoms with Crippen LogP contribution in [0.25, 0.3) is 0 Å². The van der Waals surface area contributed by atoms with Crippen molar-refractivity contribution < 1.29 is 9.84 Å². The molecule has 18 heavy (non-hydrogen) atoms. The molecule has 4 heteroatoms. The molecule has 0 saturated heterocycles. The molecule has 1 aliphatic carbocycles. The normalized spacial score (nSPS) is 18.4. The van der Waals surface area contributed by atoms with E-state index in [9.17, 15) is 5.11 Å². The van der Waals surface area contributed by atoms with Crippen LogP contribution < -0.4 is 10.1 Å². The first-order valence-electron chi connectivity index (χ1n) is 6.28. The summed E-state index contributed by atoms with van der Waals surface area (Å²) in [7, 11) is 1.65. The van der Waals surface area contributed by atoms with E-state index in [0.29, 0.717) is 19.0 Å². The Labute approximate surface area is 117 Å². The summed E-state index contributed by atoms with van der Waals surface area (Å²) in [5.41, 5.74) is 0.328. The van der Waals surface area contributed by atoms with Crippen molar-refractivity contribution in [3.05, 3.63) is 28.2 Å². The van der Waals surface area contributed by atoms with Crippen LogP contribution in [0.1, 0.15) is 25.3 Å². The summed E-state index contributed by atoms with van der Waals surface area (Å²) in [6.07, 6.45) is 3.07. The topological polar surface area (TPSA) is 41.5 Å². The Bertz CT molecular complexity index is 416. The lowest BCUT2D eigenvalue weighted by molar-refractivity contribution is 0.0595. The first kappa shape index (κ1) is 13.8. The van der Waals surface area contributed by atoms with Crippen molar-refractivity contribution in [2.75, 3.05) is 13.7 Å². The summed E-state index contributed by atoms with van der Waals surface area (Å²) < 4.78 is 6.22. The van der Waals surface area contributed by atoms with Crippen LogP contribution in [0.4, 0.5) is 0 Å². The maximum atomic E-state index is 10.4. The maximum Gasteiger partial charge on any atom is 0.119 e. The van der Waals surface area contributed by atoms with Gasteiger partial charge in [0.2, 0.25) is 0 Å². The van der Waals surface area contributed by atoms with Gasteiger partial charge in [-0.1, -0.05) is 15.9 Å². The number of methoxy groups -OCH3 is 1. The quantitative estimate of drug-likeness (QED) is 0.848. The van der Waals surface area contributed by atoms with E-state index in [1.165, 1.54) is 12.8 Å². The van der Waals surface area contributed by atoms with Crippen molar-refractivity contribution >= 4 is 15.9 Å². The van der Waals surface area contributed by atoms with Crippen LogP contribution in [0.3, 0.4) is 0 Å². The standard InChI is InChI=1S/C14H20BrNO2/c1-14(17,9-16-11-3-4-11)8-10-7-12(18-2)5-6-13(10)15/h5-7,11,16-17H,3-4,8-9H2,1-2H3. The van der Waals surface area contributed by atoms with E-state index in [-0.39, 0.29) is 0 Å². The minimum atomic E-state index is -0.739. The third kappa shape index (κ3) is 3.97. The largest absolute Gasteiger partial charge is 0.497 e. The molecule has 1 aromatic carbocycles. The van der Waals surface area contributed by atoms with Gasteiger partial charge in [-0.05, 0) is 43.5 Å². The van der Waals surface area contributed by atoms with Crippen molar-refractivity contribution in [2.24, 2.45) is 0 Å². The molecular formula is C14H20BrNO2. The van der Waals surface area contributed by atoms with Crippen LogP contribution in [-0.4, -0.2) is 30.4 Å². The molecule has 0 heterocycles. The predicted molar refractivity (Wildman–Crippen MR) is 76.0 cm³/mol. The van der Waals surface area contributed by atoms with Crippen LogP contribution in [-0.2, 0) is 6.42 Å². The molecule has 2 rings (SSSR count). The van der Waals surface area contributed by atoms with Gasteiger partial charge in [0.05, 0.1) is 12.7 Å². The smallest absolute Gasteiger partial charge is 0.119 e. The molecule has 1 saturated carbocycles. The zero-order valence-corrected chi connectivity index (χ0v) is 12.5. The predicted octanol–water partition coefficient (Wildman–Crippen LogP) is 2.50. The van der Waals surface area contributed by atoms with Crippen molar-refractivity contribution in [1.82, 2.24) is 5.32 Å². The summed E-state index contributed by atoms with van der Waals surface area (Å²) in [5, 5.41) is 13.8. The van der Waals surface area contributed by atoms with E-state index in [4.69, 9.17) is 4.74 Å². The SMILES string of the molecule is COc1ccc(Br)c(CC(C)(O)CNC2CC2)c1. The van der Waals surface area contributed by atoms with E-state index in [1.54, 1.807) is 7.11 Å². The van der Waals surface area contributed by atoms with Gasteiger partial charge in [-0.25, -0.2) is 0 Å². The van der Waals surface area contributed by atoms with Gasteiger partial charge in [0.15, 0.2) is 0 Å². The fourth-order valence-electron chi connectivity index (χ4n) is 1.94. The van der Waals surface area contributed by atoms with Gasteiger partial charge in [0.25, 0.3) is 0 Å². The average molecular weight is 314 g/mol. The van der Waals surface area contributed by atoms with Crippen LogP contribution in [0.2, 0.25) is 0 Å². The van der Waals surface area contributed by atoms with Crippen molar-refractivity contribution in [2.45, 2.75) is 37.8 Å². The Morgan fingerprint density at radius 1 is 1.50 bits per heavy atom. The summed E-state index contributed by atoms with van der Waals surface area (Å²) in [5.74, 6) is 0.819. The third-order valence-corrected chi connectivity index (χ3v) is 3.95. The van der Waals surface area contributed by atoms with Crippen molar-refractivity contribution in [3.63, 3.8) is 0 Å². The molecular weight excluding hydrogens is 294 g/mol. The van der Waals surface area contributed by atoms with E-state index in [2.05, 4.69) is 21.2 Å². The molecule has 100 valence electrons. The molecule has 1 aromatic rings. The number of aliphatic hydroxyl groups is 1. The number of nitrogens with one attached hydrogen (secondary N) is 1. The number of halogens is 1. The third-order valence-electron chi connectivity index (χ3n) is 3.17. The molecule has 1 unspecified atom stereocenters. The summed E-state index contributed by atoms with van der Waals surface area (Å²) in [6, 6.07) is 6.45. The average Bonchev–Trinajstić information content (AvgIpc) is 3.13. The highest BCUT2D eigenvalue weighted by molar-refractivity contribution is 9.10. The second-order valence-corrected chi connectivity index (χ2v) is 6.14. The lowest BCUT2D eigenvalue weighted by Crippen LogP contribution is -2.40. The second-order valence-electron chi connectivity index (χ2n) is 5.29. The molecule has 0 bridgehead atoms. The monoisotopic (exact) mass is 313 g/mol. The van der Waals surface area contributed by atoms with Crippen molar-refractivity contribution in [3.8, 4) is 5.75 Å². The first-order valence-corrected chi connectivity index (χ1v) is 7.08. The van der Waals surface area contributed by atoms with Crippen LogP contribution in [0, 0.1) is 0 Å². The Morgan fingerprint density at radius 3 is 2.83 bits per heavy atom. The van der Waals surface area contributed by atoms with Crippen LogP contribution in [0.5, 0.6) is 5.75 Å². The molecule has 0 aliphatic heterocycles. The number of benzene rings is 1. The highest BCUT2D eigenvalue weighted by Gasteiger charge is 2.27. The first-order chi connectivity index (χ1) is 8.50. The Kier molecular flexibility index (Phi) is 4.30. The molecule has 1 fully saturated rings. The van der Waals surface area contributed by atoms with Gasteiger partial charge < -0.3 is 15.2 Å². The van der Waals surface area contributed by atoms with E-state index < -0.39 is 5.60 Å². The van der Waals surface area contributed by atoms with Crippen LogP contribution >= 0.6 is 15.9 Å². The number of hydrogen-bond donors (Lipinski definition) is 2. The van der Waals surface area contributed by atoms with Crippen molar-refractivity contribution in [1.29, 1.82) is 0 Å². The number of rotatable bonds is 6. The lowest BCUT2D eigenvalue weighted by Gasteiger charge is -2.24. The maximum absolute atomic E-state index is 10.4. The molecule has 0 radical (unpaired) electrons.